The van der Waals surface area contributed by atoms with Crippen molar-refractivity contribution in [1.29, 1.82) is 0 Å². The third-order valence-electron chi connectivity index (χ3n) is 3.06. The van der Waals surface area contributed by atoms with E-state index in [1.165, 1.54) is 0 Å². The number of hydrogen-bond donors (Lipinski definition) is 1. The predicted octanol–water partition coefficient (Wildman–Crippen LogP) is 4.57. The van der Waals surface area contributed by atoms with E-state index < -0.39 is 11.6 Å². The van der Waals surface area contributed by atoms with Gasteiger partial charge < -0.3 is 9.84 Å². The number of carboxylic acids is 1. The van der Waals surface area contributed by atoms with Crippen LogP contribution in [0.15, 0.2) is 53.0 Å². The van der Waals surface area contributed by atoms with E-state index in [1.54, 1.807) is 55.5 Å². The standard InChI is InChI=1S/C16H14BrClO3/c1-16(15(19)20,10-11-2-6-13(18)7-3-11)21-14-8-4-12(17)5-9-14/h2-9H,10H2,1H3,(H,19,20)/t16-/m1/s1. The molecule has 0 saturated heterocycles. The molecular formula is C16H14BrClO3. The fraction of sp³-hybridized carbons (Fsp3) is 0.188. The van der Waals surface area contributed by atoms with Crippen LogP contribution in [0, 0.1) is 0 Å². The lowest BCUT2D eigenvalue weighted by Gasteiger charge is -2.26. The number of aliphatic carboxylic acids is 1. The highest BCUT2D eigenvalue weighted by molar-refractivity contribution is 9.10. The van der Waals surface area contributed by atoms with Crippen molar-refractivity contribution in [2.24, 2.45) is 0 Å². The van der Waals surface area contributed by atoms with Crippen LogP contribution in [0.4, 0.5) is 0 Å². The van der Waals surface area contributed by atoms with Crippen LogP contribution in [0.25, 0.3) is 0 Å². The monoisotopic (exact) mass is 368 g/mol. The summed E-state index contributed by atoms with van der Waals surface area (Å²) < 4.78 is 6.61. The molecule has 2 rings (SSSR count). The molecule has 1 atom stereocenters. The van der Waals surface area contributed by atoms with Crippen LogP contribution in [0.3, 0.4) is 0 Å². The van der Waals surface area contributed by atoms with Crippen molar-refractivity contribution in [3.8, 4) is 5.75 Å². The minimum absolute atomic E-state index is 0.246. The van der Waals surface area contributed by atoms with Crippen LogP contribution >= 0.6 is 27.5 Å². The molecular weight excluding hydrogens is 356 g/mol. The minimum Gasteiger partial charge on any atom is -0.478 e. The van der Waals surface area contributed by atoms with E-state index in [0.29, 0.717) is 10.8 Å². The molecule has 1 N–H and O–H groups in total. The highest BCUT2D eigenvalue weighted by atomic mass is 79.9. The quantitative estimate of drug-likeness (QED) is 0.840. The van der Waals surface area contributed by atoms with Gasteiger partial charge in [-0.25, -0.2) is 4.79 Å². The molecule has 21 heavy (non-hydrogen) atoms. The molecule has 0 unspecified atom stereocenters. The Morgan fingerprint density at radius 2 is 1.76 bits per heavy atom. The lowest BCUT2D eigenvalue weighted by Crippen LogP contribution is -2.43. The Hall–Kier alpha value is -1.52. The molecule has 0 aliphatic carbocycles. The summed E-state index contributed by atoms with van der Waals surface area (Å²) in [5, 5.41) is 10.1. The van der Waals surface area contributed by atoms with Crippen molar-refractivity contribution in [2.75, 3.05) is 0 Å². The summed E-state index contributed by atoms with van der Waals surface area (Å²) in [7, 11) is 0. The third-order valence-corrected chi connectivity index (χ3v) is 3.84. The average molecular weight is 370 g/mol. The fourth-order valence-electron chi connectivity index (χ4n) is 1.91. The maximum atomic E-state index is 11.6. The Bertz CT molecular complexity index is 575. The molecule has 0 radical (unpaired) electrons. The van der Waals surface area contributed by atoms with Crippen LogP contribution in [0.5, 0.6) is 5.75 Å². The molecule has 2 aromatic rings. The molecule has 2 aromatic carbocycles. The molecule has 0 spiro atoms. The average Bonchev–Trinajstić information content (AvgIpc) is 2.44. The van der Waals surface area contributed by atoms with E-state index in [9.17, 15) is 9.90 Å². The molecule has 0 heterocycles. The summed E-state index contributed by atoms with van der Waals surface area (Å²) in [6, 6.07) is 14.1. The van der Waals surface area contributed by atoms with Crippen LogP contribution in [0.2, 0.25) is 5.02 Å². The van der Waals surface area contributed by atoms with Gasteiger partial charge in [0.15, 0.2) is 0 Å². The molecule has 0 amide bonds. The molecule has 0 bridgehead atoms. The van der Waals surface area contributed by atoms with Crippen LogP contribution in [0.1, 0.15) is 12.5 Å². The molecule has 0 aliphatic heterocycles. The highest BCUT2D eigenvalue weighted by Gasteiger charge is 2.36. The van der Waals surface area contributed by atoms with Crippen molar-refractivity contribution in [3.05, 3.63) is 63.6 Å². The van der Waals surface area contributed by atoms with Gasteiger partial charge in [-0.3, -0.25) is 0 Å². The second kappa shape index (κ2) is 6.50. The van der Waals surface area contributed by atoms with Gasteiger partial charge in [0.05, 0.1) is 0 Å². The first-order valence-electron chi connectivity index (χ1n) is 6.31. The van der Waals surface area contributed by atoms with Crippen molar-refractivity contribution in [1.82, 2.24) is 0 Å². The Morgan fingerprint density at radius 3 is 2.29 bits per heavy atom. The summed E-state index contributed by atoms with van der Waals surface area (Å²) >= 11 is 9.17. The van der Waals surface area contributed by atoms with E-state index in [-0.39, 0.29) is 6.42 Å². The maximum Gasteiger partial charge on any atom is 0.348 e. The zero-order valence-corrected chi connectivity index (χ0v) is 13.7. The Balaban J connectivity index is 2.21. The minimum atomic E-state index is -1.35. The zero-order chi connectivity index (χ0) is 15.5. The predicted molar refractivity (Wildman–Crippen MR) is 86.0 cm³/mol. The van der Waals surface area contributed by atoms with Gasteiger partial charge in [-0.1, -0.05) is 39.7 Å². The van der Waals surface area contributed by atoms with Crippen LogP contribution < -0.4 is 4.74 Å². The lowest BCUT2D eigenvalue weighted by molar-refractivity contribution is -0.153. The van der Waals surface area contributed by atoms with Crippen LogP contribution in [-0.4, -0.2) is 16.7 Å². The Labute approximate surface area is 136 Å². The van der Waals surface area contributed by atoms with Crippen molar-refractivity contribution >= 4 is 33.5 Å². The van der Waals surface area contributed by atoms with Gasteiger partial charge in [-0.2, -0.15) is 0 Å². The third kappa shape index (κ3) is 4.22. The molecule has 110 valence electrons. The number of ether oxygens (including phenoxy) is 1. The number of carbonyl (C=O) groups is 1. The number of carboxylic acid groups (broad SMARTS) is 1. The van der Waals surface area contributed by atoms with Gasteiger partial charge in [-0.05, 0) is 48.9 Å². The zero-order valence-electron chi connectivity index (χ0n) is 11.3. The summed E-state index contributed by atoms with van der Waals surface area (Å²) in [5.41, 5.74) is -0.497. The van der Waals surface area contributed by atoms with Crippen LogP contribution in [-0.2, 0) is 11.2 Å². The summed E-state index contributed by atoms with van der Waals surface area (Å²) in [4.78, 5) is 11.6. The summed E-state index contributed by atoms with van der Waals surface area (Å²) in [5.74, 6) is -0.502. The van der Waals surface area contributed by atoms with Crippen molar-refractivity contribution in [3.63, 3.8) is 0 Å². The van der Waals surface area contributed by atoms with Gasteiger partial charge in [0, 0.05) is 15.9 Å². The first-order chi connectivity index (χ1) is 9.89. The SMILES string of the molecule is C[C@](Cc1ccc(Cl)cc1)(Oc1ccc(Br)cc1)C(=O)O. The number of rotatable bonds is 5. The van der Waals surface area contributed by atoms with Gasteiger partial charge in [0.1, 0.15) is 5.75 Å². The van der Waals surface area contributed by atoms with Crippen molar-refractivity contribution in [2.45, 2.75) is 18.9 Å². The first kappa shape index (κ1) is 15.9. The number of benzene rings is 2. The molecule has 0 aromatic heterocycles. The van der Waals surface area contributed by atoms with E-state index in [4.69, 9.17) is 16.3 Å². The largest absolute Gasteiger partial charge is 0.478 e. The van der Waals surface area contributed by atoms with Crippen molar-refractivity contribution < 1.29 is 14.6 Å². The molecule has 3 nitrogen and oxygen atoms in total. The maximum absolute atomic E-state index is 11.6. The Morgan fingerprint density at radius 1 is 1.19 bits per heavy atom. The molecule has 0 saturated carbocycles. The van der Waals surface area contributed by atoms with Gasteiger partial charge >= 0.3 is 5.97 Å². The first-order valence-corrected chi connectivity index (χ1v) is 7.48. The smallest absolute Gasteiger partial charge is 0.348 e. The Kier molecular flexibility index (Phi) is 4.91. The number of hydrogen-bond acceptors (Lipinski definition) is 2. The number of halogens is 2. The second-order valence-electron chi connectivity index (χ2n) is 4.90. The van der Waals surface area contributed by atoms with E-state index >= 15 is 0 Å². The fourth-order valence-corrected chi connectivity index (χ4v) is 2.30. The molecule has 5 heteroatoms. The summed E-state index contributed by atoms with van der Waals surface area (Å²) in [6.45, 7) is 1.56. The van der Waals surface area contributed by atoms with Gasteiger partial charge in [0.25, 0.3) is 0 Å². The van der Waals surface area contributed by atoms with E-state index in [2.05, 4.69) is 15.9 Å². The van der Waals surface area contributed by atoms with E-state index in [1.807, 2.05) is 0 Å². The lowest BCUT2D eigenvalue weighted by atomic mass is 9.96. The highest BCUT2D eigenvalue weighted by Crippen LogP contribution is 2.25. The van der Waals surface area contributed by atoms with E-state index in [0.717, 1.165) is 10.0 Å². The molecule has 0 aliphatic rings. The molecule has 0 fully saturated rings. The van der Waals surface area contributed by atoms with Gasteiger partial charge in [0.2, 0.25) is 5.60 Å². The second-order valence-corrected chi connectivity index (χ2v) is 6.25. The summed E-state index contributed by atoms with van der Waals surface area (Å²) in [6.07, 6.45) is 0.246. The van der Waals surface area contributed by atoms with Gasteiger partial charge in [-0.15, -0.1) is 0 Å². The normalized spacial score (nSPS) is 13.5. The topological polar surface area (TPSA) is 46.5 Å².